The standard InChI is InChI=1S/C15H12ClNO2S2/c16-12-6-7-15-14(8-12)11(10-20-15)9-17-21(18,19)13-4-2-1-3-5-13/h1-8,10,17H,9H2. The average Bonchev–Trinajstić information content (AvgIpc) is 2.88. The minimum Gasteiger partial charge on any atom is -0.207 e. The van der Waals surface area contributed by atoms with Crippen molar-refractivity contribution in [2.45, 2.75) is 11.4 Å². The summed E-state index contributed by atoms with van der Waals surface area (Å²) in [5, 5.41) is 3.59. The van der Waals surface area contributed by atoms with Gasteiger partial charge >= 0.3 is 0 Å². The van der Waals surface area contributed by atoms with Crippen LogP contribution >= 0.6 is 22.9 Å². The third kappa shape index (κ3) is 3.11. The summed E-state index contributed by atoms with van der Waals surface area (Å²) in [5.41, 5.74) is 0.928. The van der Waals surface area contributed by atoms with E-state index in [2.05, 4.69) is 4.72 Å². The highest BCUT2D eigenvalue weighted by Crippen LogP contribution is 2.28. The van der Waals surface area contributed by atoms with E-state index in [9.17, 15) is 8.42 Å². The number of nitrogens with one attached hydrogen (secondary N) is 1. The molecule has 0 saturated carbocycles. The largest absolute Gasteiger partial charge is 0.240 e. The monoisotopic (exact) mass is 337 g/mol. The van der Waals surface area contributed by atoms with Crippen molar-refractivity contribution >= 4 is 43.0 Å². The molecule has 0 radical (unpaired) electrons. The van der Waals surface area contributed by atoms with Crippen LogP contribution in [0.3, 0.4) is 0 Å². The van der Waals surface area contributed by atoms with E-state index in [0.29, 0.717) is 5.02 Å². The summed E-state index contributed by atoms with van der Waals surface area (Å²) < 4.78 is 28.1. The topological polar surface area (TPSA) is 46.2 Å². The lowest BCUT2D eigenvalue weighted by molar-refractivity contribution is 0.581. The third-order valence-electron chi connectivity index (χ3n) is 3.12. The van der Waals surface area contributed by atoms with Crippen LogP contribution in [0.2, 0.25) is 5.02 Å². The minimum atomic E-state index is -3.49. The number of hydrogen-bond acceptors (Lipinski definition) is 3. The quantitative estimate of drug-likeness (QED) is 0.781. The average molecular weight is 338 g/mol. The van der Waals surface area contributed by atoms with Crippen molar-refractivity contribution in [1.82, 2.24) is 4.72 Å². The highest BCUT2D eigenvalue weighted by molar-refractivity contribution is 7.89. The maximum Gasteiger partial charge on any atom is 0.240 e. The summed E-state index contributed by atoms with van der Waals surface area (Å²) in [4.78, 5) is 0.266. The number of halogens is 1. The van der Waals surface area contributed by atoms with Gasteiger partial charge in [-0.05, 0) is 46.7 Å². The molecule has 108 valence electrons. The van der Waals surface area contributed by atoms with Crippen LogP contribution in [0.1, 0.15) is 5.56 Å². The normalized spacial score (nSPS) is 11.9. The first-order valence-corrected chi connectivity index (χ1v) is 9.01. The van der Waals surface area contributed by atoms with Gasteiger partial charge in [-0.2, -0.15) is 0 Å². The van der Waals surface area contributed by atoms with Crippen LogP contribution in [0.25, 0.3) is 10.1 Å². The van der Waals surface area contributed by atoms with Crippen molar-refractivity contribution in [2.24, 2.45) is 0 Å². The Morgan fingerprint density at radius 1 is 1.10 bits per heavy atom. The molecule has 0 atom stereocenters. The Balaban J connectivity index is 1.85. The summed E-state index contributed by atoms with van der Waals surface area (Å²) in [6, 6.07) is 14.0. The second-order valence-corrected chi connectivity index (χ2v) is 7.65. The zero-order valence-electron chi connectivity index (χ0n) is 10.9. The second-order valence-electron chi connectivity index (χ2n) is 4.54. The van der Waals surface area contributed by atoms with Gasteiger partial charge in [-0.3, -0.25) is 0 Å². The molecular formula is C15H12ClNO2S2. The van der Waals surface area contributed by atoms with Gasteiger partial charge in [-0.15, -0.1) is 11.3 Å². The number of hydrogen-bond donors (Lipinski definition) is 1. The summed E-state index contributed by atoms with van der Waals surface area (Å²) >= 11 is 7.58. The van der Waals surface area contributed by atoms with Crippen LogP contribution in [-0.4, -0.2) is 8.42 Å². The highest BCUT2D eigenvalue weighted by Gasteiger charge is 2.14. The predicted molar refractivity (Wildman–Crippen MR) is 87.3 cm³/mol. The maximum absolute atomic E-state index is 12.2. The van der Waals surface area contributed by atoms with Crippen LogP contribution in [0, 0.1) is 0 Å². The van der Waals surface area contributed by atoms with Crippen molar-refractivity contribution in [3.63, 3.8) is 0 Å². The number of fused-ring (bicyclic) bond motifs is 1. The van der Waals surface area contributed by atoms with Crippen molar-refractivity contribution in [3.05, 3.63) is 64.5 Å². The predicted octanol–water partition coefficient (Wildman–Crippen LogP) is 4.03. The van der Waals surface area contributed by atoms with E-state index in [0.717, 1.165) is 15.6 Å². The van der Waals surface area contributed by atoms with E-state index in [1.807, 2.05) is 23.6 Å². The van der Waals surface area contributed by atoms with Crippen LogP contribution in [0.4, 0.5) is 0 Å². The summed E-state index contributed by atoms with van der Waals surface area (Å²) in [6.45, 7) is 0.248. The Bertz CT molecular complexity index is 873. The van der Waals surface area contributed by atoms with Crippen LogP contribution in [0.15, 0.2) is 58.8 Å². The van der Waals surface area contributed by atoms with Gasteiger partial charge in [0.1, 0.15) is 0 Å². The molecule has 0 bridgehead atoms. The van der Waals surface area contributed by atoms with E-state index < -0.39 is 10.0 Å². The Morgan fingerprint density at radius 3 is 2.62 bits per heavy atom. The minimum absolute atomic E-state index is 0.248. The van der Waals surface area contributed by atoms with E-state index >= 15 is 0 Å². The molecule has 3 nitrogen and oxygen atoms in total. The molecule has 0 amide bonds. The Kier molecular flexibility index (Phi) is 3.99. The van der Waals surface area contributed by atoms with Gasteiger partial charge in [0.2, 0.25) is 10.0 Å². The molecule has 0 unspecified atom stereocenters. The van der Waals surface area contributed by atoms with Crippen molar-refractivity contribution in [3.8, 4) is 0 Å². The number of rotatable bonds is 4. The molecule has 6 heteroatoms. The lowest BCUT2D eigenvalue weighted by Crippen LogP contribution is -2.22. The molecule has 0 saturated heterocycles. The molecule has 21 heavy (non-hydrogen) atoms. The lowest BCUT2D eigenvalue weighted by Gasteiger charge is -2.06. The fraction of sp³-hybridized carbons (Fsp3) is 0.0667. The van der Waals surface area contributed by atoms with Gasteiger partial charge in [0.05, 0.1) is 4.90 Å². The first-order valence-electron chi connectivity index (χ1n) is 6.26. The Morgan fingerprint density at radius 2 is 1.86 bits per heavy atom. The van der Waals surface area contributed by atoms with Crippen LogP contribution in [-0.2, 0) is 16.6 Å². The molecular weight excluding hydrogens is 326 g/mol. The van der Waals surface area contributed by atoms with Crippen molar-refractivity contribution < 1.29 is 8.42 Å². The van der Waals surface area contributed by atoms with E-state index in [1.165, 1.54) is 0 Å². The zero-order valence-corrected chi connectivity index (χ0v) is 13.3. The number of thiophene rings is 1. The van der Waals surface area contributed by atoms with Crippen LogP contribution in [0.5, 0.6) is 0 Å². The molecule has 0 aliphatic carbocycles. The van der Waals surface area contributed by atoms with Gasteiger partial charge < -0.3 is 0 Å². The highest BCUT2D eigenvalue weighted by atomic mass is 35.5. The van der Waals surface area contributed by atoms with Gasteiger partial charge in [0.25, 0.3) is 0 Å². The lowest BCUT2D eigenvalue weighted by atomic mass is 10.2. The first kappa shape index (κ1) is 14.5. The number of benzene rings is 2. The first-order chi connectivity index (χ1) is 10.1. The third-order valence-corrected chi connectivity index (χ3v) is 5.79. The molecule has 2 aromatic carbocycles. The molecule has 3 rings (SSSR count). The van der Waals surface area contributed by atoms with Gasteiger partial charge in [-0.25, -0.2) is 13.1 Å². The van der Waals surface area contributed by atoms with Gasteiger partial charge in [0.15, 0.2) is 0 Å². The van der Waals surface area contributed by atoms with Crippen molar-refractivity contribution in [2.75, 3.05) is 0 Å². The van der Waals surface area contributed by atoms with Gasteiger partial charge in [0, 0.05) is 16.3 Å². The smallest absolute Gasteiger partial charge is 0.207 e. The molecule has 0 spiro atoms. The molecule has 1 aromatic heterocycles. The second kappa shape index (κ2) is 5.77. The summed E-state index contributed by atoms with van der Waals surface area (Å²) in [7, 11) is -3.49. The Labute approximate surface area is 132 Å². The molecule has 1 N–H and O–H groups in total. The fourth-order valence-electron chi connectivity index (χ4n) is 2.05. The van der Waals surface area contributed by atoms with Gasteiger partial charge in [-0.1, -0.05) is 29.8 Å². The van der Waals surface area contributed by atoms with Crippen LogP contribution < -0.4 is 4.72 Å². The zero-order chi connectivity index (χ0) is 14.9. The van der Waals surface area contributed by atoms with E-state index in [1.54, 1.807) is 41.7 Å². The van der Waals surface area contributed by atoms with Crippen molar-refractivity contribution in [1.29, 1.82) is 0 Å². The molecule has 1 heterocycles. The molecule has 0 fully saturated rings. The molecule has 0 aliphatic heterocycles. The number of sulfonamides is 1. The van der Waals surface area contributed by atoms with E-state index in [-0.39, 0.29) is 11.4 Å². The Hall–Kier alpha value is -1.40. The fourth-order valence-corrected chi connectivity index (χ4v) is 4.19. The molecule has 3 aromatic rings. The van der Waals surface area contributed by atoms with E-state index in [4.69, 9.17) is 11.6 Å². The summed E-state index contributed by atoms with van der Waals surface area (Å²) in [5.74, 6) is 0. The maximum atomic E-state index is 12.2. The summed E-state index contributed by atoms with van der Waals surface area (Å²) in [6.07, 6.45) is 0. The SMILES string of the molecule is O=S(=O)(NCc1csc2ccc(Cl)cc12)c1ccccc1. The molecule has 0 aliphatic rings.